The van der Waals surface area contributed by atoms with Crippen LogP contribution in [0.5, 0.6) is 0 Å². The van der Waals surface area contributed by atoms with E-state index in [1.807, 2.05) is 13.8 Å². The average Bonchev–Trinajstić information content (AvgIpc) is 3.17. The molecule has 4 aliphatic rings. The molecule has 4 aliphatic heterocycles. The zero-order valence-electron chi connectivity index (χ0n) is 43.3. The van der Waals surface area contributed by atoms with Crippen LogP contribution in [0.4, 0.5) is 0 Å². The van der Waals surface area contributed by atoms with Crippen molar-refractivity contribution in [3.8, 4) is 0 Å². The number of hydrogen-bond acceptors (Lipinski definition) is 14. The van der Waals surface area contributed by atoms with Crippen LogP contribution in [0.2, 0.25) is 0 Å². The van der Waals surface area contributed by atoms with E-state index >= 15 is 0 Å². The van der Waals surface area contributed by atoms with Crippen LogP contribution in [0, 0.1) is 33.5 Å². The molecule has 0 saturated carbocycles. The first-order valence-corrected chi connectivity index (χ1v) is 23.9. The van der Waals surface area contributed by atoms with E-state index in [0.29, 0.717) is 37.8 Å². The number of esters is 2. The molecule has 4 heterocycles. The van der Waals surface area contributed by atoms with Crippen LogP contribution in [-0.2, 0) is 47.5 Å². The van der Waals surface area contributed by atoms with Crippen LogP contribution in [0.3, 0.4) is 0 Å². The summed E-state index contributed by atoms with van der Waals surface area (Å²) >= 11 is 0. The summed E-state index contributed by atoms with van der Waals surface area (Å²) in [6.07, 6.45) is -1.66. The molecule has 0 aromatic heterocycles. The Morgan fingerprint density at radius 3 is 1.25 bits per heavy atom. The Morgan fingerprint density at radius 1 is 0.587 bits per heavy atom. The lowest BCUT2D eigenvalue weighted by Crippen LogP contribution is -2.54. The van der Waals surface area contributed by atoms with Gasteiger partial charge in [0.05, 0.1) is 37.5 Å². The van der Waals surface area contributed by atoms with Gasteiger partial charge in [-0.05, 0) is 54.4 Å². The number of rotatable bonds is 14. The van der Waals surface area contributed by atoms with Crippen LogP contribution in [0.1, 0.15) is 124 Å². The summed E-state index contributed by atoms with van der Waals surface area (Å²) in [4.78, 5) is 31.7. The van der Waals surface area contributed by atoms with E-state index in [1.54, 1.807) is 14.2 Å². The summed E-state index contributed by atoms with van der Waals surface area (Å²) in [7, 11) is 5.43. The Labute approximate surface area is 383 Å². The minimum Gasteiger partial charge on any atom is -0.456 e. The molecule has 14 heteroatoms. The zero-order chi connectivity index (χ0) is 47.7. The maximum atomic E-state index is 12.6. The molecule has 0 radical (unpaired) electrons. The van der Waals surface area contributed by atoms with Crippen molar-refractivity contribution < 1.29 is 47.5 Å². The molecule has 4 fully saturated rings. The molecule has 63 heavy (non-hydrogen) atoms. The summed E-state index contributed by atoms with van der Waals surface area (Å²) in [5, 5.41) is 3.29. The van der Waals surface area contributed by atoms with E-state index in [0.717, 1.165) is 52.4 Å². The summed E-state index contributed by atoms with van der Waals surface area (Å²) in [5.41, 5.74) is 0.156. The molecule has 4 saturated heterocycles. The van der Waals surface area contributed by atoms with Crippen molar-refractivity contribution in [3.63, 3.8) is 0 Å². The number of methoxy groups -OCH3 is 2. The van der Waals surface area contributed by atoms with Crippen LogP contribution in [0.25, 0.3) is 0 Å². The SMILES string of the molecule is COC1CC(O[C@@H]([C@@H](C)C(C)(C)C)C(C)(C)C)OC(C)C1OC(=O)CN1CCN(C)CC1.COC1CC(O[C@@H]([C@@H](C)C(C)(C)C)C(C)(C)C)OC(C)C1OC(=O)CN1CCNCC1. The van der Waals surface area contributed by atoms with Gasteiger partial charge in [-0.25, -0.2) is 0 Å². The molecule has 0 spiro atoms. The molecular formula is C49H94N4O10. The van der Waals surface area contributed by atoms with E-state index in [1.165, 1.54) is 0 Å². The van der Waals surface area contributed by atoms with Crippen LogP contribution >= 0.6 is 0 Å². The van der Waals surface area contributed by atoms with Crippen molar-refractivity contribution in [1.29, 1.82) is 0 Å². The maximum absolute atomic E-state index is 12.6. The van der Waals surface area contributed by atoms with Gasteiger partial charge in [-0.15, -0.1) is 0 Å². The van der Waals surface area contributed by atoms with Gasteiger partial charge in [0, 0.05) is 79.4 Å². The Morgan fingerprint density at radius 2 is 0.937 bits per heavy atom. The quantitative estimate of drug-likeness (QED) is 0.191. The summed E-state index contributed by atoms with van der Waals surface area (Å²) in [6, 6.07) is 0. The van der Waals surface area contributed by atoms with E-state index in [9.17, 15) is 9.59 Å². The van der Waals surface area contributed by atoms with Gasteiger partial charge in [0.2, 0.25) is 0 Å². The lowest BCUT2D eigenvalue weighted by Gasteiger charge is -2.46. The third-order valence-electron chi connectivity index (χ3n) is 13.8. The number of ether oxygens (including phenoxy) is 8. The number of likely N-dealkylation sites (N-methyl/N-ethyl adjacent to an activating group) is 1. The van der Waals surface area contributed by atoms with Crippen molar-refractivity contribution in [1.82, 2.24) is 20.0 Å². The van der Waals surface area contributed by atoms with E-state index < -0.39 is 24.8 Å². The van der Waals surface area contributed by atoms with E-state index in [4.69, 9.17) is 37.9 Å². The van der Waals surface area contributed by atoms with Crippen molar-refractivity contribution in [2.75, 3.05) is 86.7 Å². The fourth-order valence-electron chi connectivity index (χ4n) is 8.97. The number of nitrogens with one attached hydrogen (secondary N) is 1. The van der Waals surface area contributed by atoms with E-state index in [-0.39, 0.29) is 70.2 Å². The topological polar surface area (TPSA) is 130 Å². The smallest absolute Gasteiger partial charge is 0.320 e. The average molecular weight is 899 g/mol. The highest BCUT2D eigenvalue weighted by atomic mass is 16.7. The Hall–Kier alpha value is -1.46. The molecule has 0 aromatic carbocycles. The predicted octanol–water partition coefficient (Wildman–Crippen LogP) is 6.48. The second kappa shape index (κ2) is 24.0. The second-order valence-corrected chi connectivity index (χ2v) is 23.2. The van der Waals surface area contributed by atoms with Gasteiger partial charge >= 0.3 is 11.9 Å². The standard InChI is InChI=1S/C25H48N2O5.C24H46N2O5/c1-17(24(3,4)5)23(25(6,7)8)32-21-15-19(29-10)22(18(2)30-21)31-20(28)16-27-13-11-26(9)12-14-27;1-16(23(3,4)5)22(24(6,7)8)31-20-14-18(28-9)21(17(2)29-20)30-19(27)15-26-12-10-25-11-13-26/h17-19,21-23H,11-16H2,1-10H3;16-18,20-22,25H,10-15H2,1-9H3/t17-,18?,19?,21?,22?,23+;16-,17?,18?,20?,21?,22+/m11/s1. The third-order valence-corrected chi connectivity index (χ3v) is 13.8. The molecule has 1 N–H and O–H groups in total. The predicted molar refractivity (Wildman–Crippen MR) is 248 cm³/mol. The minimum absolute atomic E-state index is 0.0218. The number of hydrogen-bond donors (Lipinski definition) is 1. The minimum atomic E-state index is -0.437. The molecule has 0 amide bonds. The van der Waals surface area contributed by atoms with Crippen LogP contribution in [0.15, 0.2) is 0 Å². The highest BCUT2D eigenvalue weighted by Crippen LogP contribution is 2.42. The molecule has 370 valence electrons. The largest absolute Gasteiger partial charge is 0.456 e. The lowest BCUT2D eigenvalue weighted by molar-refractivity contribution is -0.284. The van der Waals surface area contributed by atoms with Gasteiger partial charge in [0.1, 0.15) is 12.2 Å². The zero-order valence-corrected chi connectivity index (χ0v) is 43.3. The van der Waals surface area contributed by atoms with Crippen molar-refractivity contribution >= 4 is 11.9 Å². The Bertz CT molecular complexity index is 1360. The maximum Gasteiger partial charge on any atom is 0.320 e. The lowest BCUT2D eigenvalue weighted by atomic mass is 9.71. The van der Waals surface area contributed by atoms with Crippen molar-refractivity contribution in [3.05, 3.63) is 0 Å². The van der Waals surface area contributed by atoms with E-state index in [2.05, 4.69) is 124 Å². The molecule has 0 aromatic rings. The number of nitrogens with zero attached hydrogens (tertiary/aromatic N) is 3. The first-order valence-electron chi connectivity index (χ1n) is 23.9. The second-order valence-electron chi connectivity index (χ2n) is 23.2. The number of carbonyl (C=O) groups is 2. The molecule has 0 bridgehead atoms. The molecule has 14 nitrogen and oxygen atoms in total. The van der Waals surface area contributed by atoms with Gasteiger partial charge in [-0.3, -0.25) is 19.4 Å². The molecule has 4 rings (SSSR count). The highest BCUT2D eigenvalue weighted by molar-refractivity contribution is 5.72. The number of piperazine rings is 2. The molecule has 0 aliphatic carbocycles. The van der Waals surface area contributed by atoms with Crippen LogP contribution in [-0.4, -0.2) is 175 Å². The van der Waals surface area contributed by atoms with Gasteiger partial charge in [-0.1, -0.05) is 96.9 Å². The van der Waals surface area contributed by atoms with Gasteiger partial charge < -0.3 is 48.1 Å². The van der Waals surface area contributed by atoms with Gasteiger partial charge in [0.15, 0.2) is 24.8 Å². The fraction of sp³-hybridized carbons (Fsp3) is 0.959. The Balaban J connectivity index is 0.000000335. The first kappa shape index (κ1) is 55.9. The normalized spacial score (nSPS) is 30.7. The van der Waals surface area contributed by atoms with Crippen LogP contribution < -0.4 is 5.32 Å². The first-order chi connectivity index (χ1) is 29.0. The summed E-state index contributed by atoms with van der Waals surface area (Å²) < 4.78 is 48.7. The Kier molecular flexibility index (Phi) is 21.3. The monoisotopic (exact) mass is 899 g/mol. The van der Waals surface area contributed by atoms with Gasteiger partial charge in [-0.2, -0.15) is 0 Å². The third kappa shape index (κ3) is 17.6. The molecule has 8 unspecified atom stereocenters. The summed E-state index contributed by atoms with van der Waals surface area (Å²) in [6.45, 7) is 42.9. The number of carbonyl (C=O) groups excluding carboxylic acids is 2. The fourth-order valence-corrected chi connectivity index (χ4v) is 8.97. The van der Waals surface area contributed by atoms with Gasteiger partial charge in [0.25, 0.3) is 0 Å². The highest BCUT2D eigenvalue weighted by Gasteiger charge is 2.46. The summed E-state index contributed by atoms with van der Waals surface area (Å²) in [5.74, 6) is 0.228. The van der Waals surface area contributed by atoms with Crippen molar-refractivity contribution in [2.24, 2.45) is 33.5 Å². The molecule has 12 atom stereocenters. The molecular weight excluding hydrogens is 805 g/mol. The van der Waals surface area contributed by atoms with Crippen molar-refractivity contribution in [2.45, 2.75) is 185 Å².